The maximum Gasteiger partial charge on any atom is 0.335 e. The van der Waals surface area contributed by atoms with Crippen molar-refractivity contribution in [1.82, 2.24) is 0 Å². The summed E-state index contributed by atoms with van der Waals surface area (Å²) in [6, 6.07) is 15.1. The van der Waals surface area contributed by atoms with E-state index in [-0.39, 0.29) is 11.5 Å². The van der Waals surface area contributed by atoms with E-state index >= 15 is 0 Å². The molecule has 6 heteroatoms. The smallest absolute Gasteiger partial charge is 0.335 e. The summed E-state index contributed by atoms with van der Waals surface area (Å²) < 4.78 is 0. The highest BCUT2D eigenvalue weighted by atomic mass is 32.1. The van der Waals surface area contributed by atoms with Crippen LogP contribution in [0.25, 0.3) is 10.4 Å². The van der Waals surface area contributed by atoms with Crippen LogP contribution in [0.15, 0.2) is 60.0 Å². The van der Waals surface area contributed by atoms with Crippen LogP contribution in [0.1, 0.15) is 20.7 Å². The first-order valence-electron chi connectivity index (χ1n) is 7.13. The van der Waals surface area contributed by atoms with Gasteiger partial charge in [-0.15, -0.1) is 11.3 Å². The van der Waals surface area contributed by atoms with Crippen molar-refractivity contribution in [2.24, 2.45) is 0 Å². The number of rotatable bonds is 4. The third kappa shape index (κ3) is 3.28. The summed E-state index contributed by atoms with van der Waals surface area (Å²) in [4.78, 5) is 24.3. The maximum absolute atomic E-state index is 12.3. The number of aromatic carboxylic acids is 1. The number of anilines is 2. The number of nitrogen functional groups attached to an aromatic ring is 1. The van der Waals surface area contributed by atoms with Crippen molar-refractivity contribution in [3.8, 4) is 10.4 Å². The molecule has 0 aliphatic rings. The number of thiophene rings is 1. The lowest BCUT2D eigenvalue weighted by atomic mass is 10.1. The number of nitrogens with one attached hydrogen (secondary N) is 1. The first-order chi connectivity index (χ1) is 11.5. The van der Waals surface area contributed by atoms with Crippen molar-refractivity contribution in [3.63, 3.8) is 0 Å². The number of nitrogens with two attached hydrogens (primary N) is 1. The zero-order chi connectivity index (χ0) is 17.1. The molecule has 0 aliphatic carbocycles. The van der Waals surface area contributed by atoms with E-state index in [0.717, 1.165) is 10.4 Å². The van der Waals surface area contributed by atoms with Crippen molar-refractivity contribution in [1.29, 1.82) is 0 Å². The van der Waals surface area contributed by atoms with E-state index in [1.54, 1.807) is 17.4 Å². The monoisotopic (exact) mass is 338 g/mol. The maximum atomic E-state index is 12.3. The minimum Gasteiger partial charge on any atom is -0.478 e. The first-order valence-corrected chi connectivity index (χ1v) is 8.00. The van der Waals surface area contributed by atoms with Gasteiger partial charge < -0.3 is 16.2 Å². The number of benzene rings is 2. The lowest BCUT2D eigenvalue weighted by Gasteiger charge is -2.10. The molecule has 5 nitrogen and oxygen atoms in total. The molecule has 0 spiro atoms. The van der Waals surface area contributed by atoms with Crippen LogP contribution >= 0.6 is 11.3 Å². The molecule has 0 aliphatic heterocycles. The van der Waals surface area contributed by atoms with Crippen molar-refractivity contribution in [2.45, 2.75) is 0 Å². The van der Waals surface area contributed by atoms with E-state index in [0.29, 0.717) is 16.9 Å². The number of carboxylic acid groups (broad SMARTS) is 1. The average Bonchev–Trinajstić information content (AvgIpc) is 3.11. The van der Waals surface area contributed by atoms with Crippen LogP contribution in [0, 0.1) is 0 Å². The molecule has 120 valence electrons. The zero-order valence-electron chi connectivity index (χ0n) is 12.5. The van der Waals surface area contributed by atoms with Gasteiger partial charge in [-0.25, -0.2) is 4.79 Å². The Labute approximate surface area is 142 Å². The second kappa shape index (κ2) is 6.55. The van der Waals surface area contributed by atoms with Crippen LogP contribution in [0.3, 0.4) is 0 Å². The molecule has 0 atom stereocenters. The zero-order valence-corrected chi connectivity index (χ0v) is 13.3. The standard InChI is InChI=1S/C18H14N2O3S/c19-14-8-7-13(16-2-1-9-24-16)10-15(14)20-17(21)11-3-5-12(6-4-11)18(22)23/h1-10H,19H2,(H,20,21)(H,22,23). The van der Waals surface area contributed by atoms with Gasteiger partial charge in [-0.2, -0.15) is 0 Å². The van der Waals surface area contributed by atoms with Crippen LogP contribution in [0.5, 0.6) is 0 Å². The molecule has 0 saturated carbocycles. The summed E-state index contributed by atoms with van der Waals surface area (Å²) in [7, 11) is 0. The molecule has 4 N–H and O–H groups in total. The summed E-state index contributed by atoms with van der Waals surface area (Å²) in [5.41, 5.74) is 8.39. The molecule has 0 saturated heterocycles. The third-order valence-corrected chi connectivity index (χ3v) is 4.42. The van der Waals surface area contributed by atoms with Gasteiger partial charge in [0.05, 0.1) is 16.9 Å². The molecule has 1 heterocycles. The Kier molecular flexibility index (Phi) is 4.31. The van der Waals surface area contributed by atoms with Gasteiger partial charge in [0.25, 0.3) is 5.91 Å². The fraction of sp³-hybridized carbons (Fsp3) is 0. The third-order valence-electron chi connectivity index (χ3n) is 3.50. The van der Waals surface area contributed by atoms with E-state index in [2.05, 4.69) is 5.32 Å². The fourth-order valence-electron chi connectivity index (χ4n) is 2.22. The molecular weight excluding hydrogens is 324 g/mol. The van der Waals surface area contributed by atoms with Gasteiger partial charge in [-0.3, -0.25) is 4.79 Å². The summed E-state index contributed by atoms with van der Waals surface area (Å²) >= 11 is 1.60. The Morgan fingerprint density at radius 2 is 1.71 bits per heavy atom. The van der Waals surface area contributed by atoms with Gasteiger partial charge in [0.1, 0.15) is 0 Å². The Bertz CT molecular complexity index is 887. The number of carboxylic acids is 1. The highest BCUT2D eigenvalue weighted by molar-refractivity contribution is 7.13. The van der Waals surface area contributed by atoms with Crippen LogP contribution in [0.4, 0.5) is 11.4 Å². The predicted octanol–water partition coefficient (Wildman–Crippen LogP) is 3.95. The highest BCUT2D eigenvalue weighted by Gasteiger charge is 2.11. The first kappa shape index (κ1) is 15.8. The summed E-state index contributed by atoms with van der Waals surface area (Å²) in [5, 5.41) is 13.6. The lowest BCUT2D eigenvalue weighted by Crippen LogP contribution is -2.13. The van der Waals surface area contributed by atoms with Crippen LogP contribution in [-0.4, -0.2) is 17.0 Å². The number of amides is 1. The van der Waals surface area contributed by atoms with E-state index in [1.807, 2.05) is 29.6 Å². The second-order valence-corrected chi connectivity index (χ2v) is 6.06. The van der Waals surface area contributed by atoms with Crippen molar-refractivity contribution in [3.05, 3.63) is 71.1 Å². The van der Waals surface area contributed by atoms with Gasteiger partial charge >= 0.3 is 5.97 Å². The largest absolute Gasteiger partial charge is 0.478 e. The summed E-state index contributed by atoms with van der Waals surface area (Å²) in [5.74, 6) is -1.38. The minimum absolute atomic E-state index is 0.130. The second-order valence-electron chi connectivity index (χ2n) is 5.12. The van der Waals surface area contributed by atoms with Crippen LogP contribution in [-0.2, 0) is 0 Å². The van der Waals surface area contributed by atoms with Crippen LogP contribution in [0.2, 0.25) is 0 Å². The number of hydrogen-bond donors (Lipinski definition) is 3. The molecule has 1 amide bonds. The van der Waals surface area contributed by atoms with E-state index in [9.17, 15) is 9.59 Å². The molecule has 2 aromatic carbocycles. The molecule has 3 rings (SSSR count). The summed E-state index contributed by atoms with van der Waals surface area (Å²) in [6.07, 6.45) is 0. The number of carbonyl (C=O) groups excluding carboxylic acids is 1. The highest BCUT2D eigenvalue weighted by Crippen LogP contribution is 2.30. The molecule has 0 bridgehead atoms. The molecular formula is C18H14N2O3S. The molecule has 0 fully saturated rings. The normalized spacial score (nSPS) is 10.3. The van der Waals surface area contributed by atoms with Crippen molar-refractivity contribution >= 4 is 34.6 Å². The van der Waals surface area contributed by atoms with Gasteiger partial charge in [0.15, 0.2) is 0 Å². The lowest BCUT2D eigenvalue weighted by molar-refractivity contribution is 0.0696. The Balaban J connectivity index is 1.83. The number of carbonyl (C=O) groups is 2. The van der Waals surface area contributed by atoms with Crippen LogP contribution < -0.4 is 11.1 Å². The molecule has 1 aromatic heterocycles. The predicted molar refractivity (Wildman–Crippen MR) is 95.5 cm³/mol. The van der Waals surface area contributed by atoms with E-state index in [1.165, 1.54) is 24.3 Å². The van der Waals surface area contributed by atoms with Gasteiger partial charge in [0, 0.05) is 10.4 Å². The molecule has 0 unspecified atom stereocenters. The van der Waals surface area contributed by atoms with E-state index in [4.69, 9.17) is 10.8 Å². The summed E-state index contributed by atoms with van der Waals surface area (Å²) in [6.45, 7) is 0. The Morgan fingerprint density at radius 3 is 2.33 bits per heavy atom. The Morgan fingerprint density at radius 1 is 1.00 bits per heavy atom. The van der Waals surface area contributed by atoms with Gasteiger partial charge in [-0.1, -0.05) is 12.1 Å². The Hall–Kier alpha value is -3.12. The number of hydrogen-bond acceptors (Lipinski definition) is 4. The minimum atomic E-state index is -1.03. The molecule has 0 radical (unpaired) electrons. The van der Waals surface area contributed by atoms with Gasteiger partial charge in [0.2, 0.25) is 0 Å². The van der Waals surface area contributed by atoms with E-state index < -0.39 is 5.97 Å². The fourth-order valence-corrected chi connectivity index (χ4v) is 2.94. The van der Waals surface area contributed by atoms with Gasteiger partial charge in [-0.05, 0) is 53.4 Å². The SMILES string of the molecule is Nc1ccc(-c2cccs2)cc1NC(=O)c1ccc(C(=O)O)cc1. The average molecular weight is 338 g/mol. The topological polar surface area (TPSA) is 92.4 Å². The molecule has 3 aromatic rings. The quantitative estimate of drug-likeness (QED) is 0.628. The van der Waals surface area contributed by atoms with Crippen molar-refractivity contribution in [2.75, 3.05) is 11.1 Å². The molecule has 24 heavy (non-hydrogen) atoms. The van der Waals surface area contributed by atoms with Crippen molar-refractivity contribution < 1.29 is 14.7 Å².